The van der Waals surface area contributed by atoms with Crippen molar-refractivity contribution in [3.8, 4) is 28.6 Å². The highest BCUT2D eigenvalue weighted by Crippen LogP contribution is 2.37. The van der Waals surface area contributed by atoms with Gasteiger partial charge < -0.3 is 63.8 Å². The maximum atomic E-state index is 13.7. The van der Waals surface area contributed by atoms with E-state index in [1.165, 1.54) is 26.2 Å². The largest absolute Gasteiger partial charge is 0.507 e. The normalized spacial score (nSPS) is 33.4. The average Bonchev–Trinajstić information content (AvgIpc) is 2.99. The number of methoxy groups -OCH3 is 1. The average molecular weight is 593 g/mol. The Morgan fingerprint density at radius 1 is 0.833 bits per heavy atom. The maximum Gasteiger partial charge on any atom is 0.239 e. The number of aromatic hydroxyl groups is 1. The van der Waals surface area contributed by atoms with E-state index in [9.17, 15) is 40.5 Å². The molecular formula is C28H32O14. The van der Waals surface area contributed by atoms with Crippen molar-refractivity contribution < 1.29 is 63.8 Å². The molecule has 3 aromatic rings. The first kappa shape index (κ1) is 30.2. The molecule has 10 atom stereocenters. The highest BCUT2D eigenvalue weighted by atomic mass is 16.7. The number of phenolic OH excluding ortho intramolecular Hbond substituents is 1. The number of fused-ring (bicyclic) bond motifs is 1. The molecule has 2 aliphatic heterocycles. The topological polar surface area (TPSA) is 218 Å². The third-order valence-electron chi connectivity index (χ3n) is 7.31. The molecule has 0 saturated carbocycles. The van der Waals surface area contributed by atoms with Gasteiger partial charge in [-0.2, -0.15) is 0 Å². The van der Waals surface area contributed by atoms with Crippen molar-refractivity contribution >= 4 is 11.0 Å². The highest BCUT2D eigenvalue weighted by Gasteiger charge is 2.47. The summed E-state index contributed by atoms with van der Waals surface area (Å²) in [4.78, 5) is 13.7. The molecule has 5 rings (SSSR count). The molecule has 2 aliphatic rings. The van der Waals surface area contributed by atoms with E-state index in [4.69, 9.17) is 28.1 Å². The lowest BCUT2D eigenvalue weighted by Gasteiger charge is -2.42. The fraction of sp³-hybridized carbons (Fsp3) is 0.464. The molecule has 0 unspecified atom stereocenters. The number of hydrogen-bond donors (Lipinski definition) is 7. The van der Waals surface area contributed by atoms with Gasteiger partial charge in [-0.1, -0.05) is 30.3 Å². The predicted octanol–water partition coefficient (Wildman–Crippen LogP) is -0.795. The third kappa shape index (κ3) is 5.56. The van der Waals surface area contributed by atoms with Gasteiger partial charge in [0.1, 0.15) is 65.2 Å². The van der Waals surface area contributed by atoms with Crippen molar-refractivity contribution in [3.05, 3.63) is 52.7 Å². The summed E-state index contributed by atoms with van der Waals surface area (Å²) >= 11 is 0. The molecule has 2 saturated heterocycles. The van der Waals surface area contributed by atoms with Crippen LogP contribution in [0.15, 0.2) is 51.7 Å². The second-order valence-corrected chi connectivity index (χ2v) is 10.1. The summed E-state index contributed by atoms with van der Waals surface area (Å²) < 4.78 is 33.5. The minimum atomic E-state index is -1.85. The van der Waals surface area contributed by atoms with Gasteiger partial charge in [-0.15, -0.1) is 0 Å². The fourth-order valence-corrected chi connectivity index (χ4v) is 4.87. The number of hydrogen-bond acceptors (Lipinski definition) is 14. The van der Waals surface area contributed by atoms with Crippen LogP contribution in [0.25, 0.3) is 22.3 Å². The lowest BCUT2D eigenvalue weighted by atomic mass is 9.98. The standard InChI is InChI=1S/C28H32O14/c1-11-18(30)21(33)23(35)27(39-11)38-10-16-19(31)22(34)24(36)28(41-16)42-26-20(32)17-14(29)8-13(37-2)9-15(17)40-25(26)12-6-4-3-5-7-12/h3-9,11,16,18-19,21-24,27-31,33-36H,10H2,1-2H3/t11-,16+,18-,19+,21+,22-,23+,24+,27+,28-/m1/s1. The first-order valence-electron chi connectivity index (χ1n) is 13.1. The summed E-state index contributed by atoms with van der Waals surface area (Å²) in [6.45, 7) is 0.930. The van der Waals surface area contributed by atoms with E-state index in [0.29, 0.717) is 5.56 Å². The second kappa shape index (κ2) is 12.1. The zero-order chi connectivity index (χ0) is 30.3. The van der Waals surface area contributed by atoms with Crippen molar-refractivity contribution in [2.75, 3.05) is 13.7 Å². The monoisotopic (exact) mass is 592 g/mol. The lowest BCUT2D eigenvalue weighted by molar-refractivity contribution is -0.318. The van der Waals surface area contributed by atoms with Crippen LogP contribution in [-0.2, 0) is 14.2 Å². The van der Waals surface area contributed by atoms with Gasteiger partial charge in [0.2, 0.25) is 17.5 Å². The molecule has 0 aliphatic carbocycles. The lowest BCUT2D eigenvalue weighted by Crippen LogP contribution is -2.61. The minimum absolute atomic E-state index is 0.0116. The van der Waals surface area contributed by atoms with Gasteiger partial charge in [-0.3, -0.25) is 4.79 Å². The van der Waals surface area contributed by atoms with Gasteiger partial charge in [-0.25, -0.2) is 0 Å². The van der Waals surface area contributed by atoms with Crippen LogP contribution in [0.1, 0.15) is 6.92 Å². The molecule has 0 amide bonds. The second-order valence-electron chi connectivity index (χ2n) is 10.1. The van der Waals surface area contributed by atoms with Crippen LogP contribution >= 0.6 is 0 Å². The van der Waals surface area contributed by atoms with Crippen molar-refractivity contribution in [2.45, 2.75) is 68.3 Å². The summed E-state index contributed by atoms with van der Waals surface area (Å²) in [6.07, 6.45) is -15.4. The number of phenols is 1. The Bertz CT molecular complexity index is 1440. The molecule has 7 N–H and O–H groups in total. The quantitative estimate of drug-likeness (QED) is 0.179. The summed E-state index contributed by atoms with van der Waals surface area (Å²) in [7, 11) is 1.38. The molecule has 0 radical (unpaired) electrons. The zero-order valence-electron chi connectivity index (χ0n) is 22.5. The van der Waals surface area contributed by atoms with E-state index in [2.05, 4.69) is 0 Å². The van der Waals surface area contributed by atoms with Crippen LogP contribution in [0.3, 0.4) is 0 Å². The van der Waals surface area contributed by atoms with Gasteiger partial charge in [0, 0.05) is 17.7 Å². The molecule has 14 heteroatoms. The molecule has 2 fully saturated rings. The maximum absolute atomic E-state index is 13.7. The van der Waals surface area contributed by atoms with Crippen LogP contribution in [0.2, 0.25) is 0 Å². The van der Waals surface area contributed by atoms with Crippen molar-refractivity contribution in [3.63, 3.8) is 0 Å². The van der Waals surface area contributed by atoms with E-state index in [1.807, 2.05) is 0 Å². The van der Waals surface area contributed by atoms with Crippen molar-refractivity contribution in [1.29, 1.82) is 0 Å². The van der Waals surface area contributed by atoms with Crippen LogP contribution in [-0.4, -0.2) is 111 Å². The molecule has 228 valence electrons. The van der Waals surface area contributed by atoms with Gasteiger partial charge >= 0.3 is 0 Å². The van der Waals surface area contributed by atoms with E-state index < -0.39 is 84.9 Å². The van der Waals surface area contributed by atoms with Crippen molar-refractivity contribution in [2.24, 2.45) is 0 Å². The molecule has 1 aromatic heterocycles. The first-order chi connectivity index (χ1) is 20.0. The van der Waals surface area contributed by atoms with Crippen LogP contribution < -0.4 is 14.9 Å². The number of ether oxygens (including phenoxy) is 5. The Morgan fingerprint density at radius 3 is 2.19 bits per heavy atom. The van der Waals surface area contributed by atoms with Gasteiger partial charge in [0.15, 0.2) is 12.1 Å². The predicted molar refractivity (Wildman–Crippen MR) is 142 cm³/mol. The molecule has 0 spiro atoms. The molecule has 42 heavy (non-hydrogen) atoms. The Hall–Kier alpha value is -3.31. The smallest absolute Gasteiger partial charge is 0.239 e. The van der Waals surface area contributed by atoms with Crippen LogP contribution in [0.5, 0.6) is 17.2 Å². The number of aliphatic hydroxyl groups is 6. The fourth-order valence-electron chi connectivity index (χ4n) is 4.87. The summed E-state index contributed by atoms with van der Waals surface area (Å²) in [5.74, 6) is -0.768. The Kier molecular flexibility index (Phi) is 8.71. The van der Waals surface area contributed by atoms with E-state index >= 15 is 0 Å². The van der Waals surface area contributed by atoms with Gasteiger partial charge in [0.05, 0.1) is 19.8 Å². The van der Waals surface area contributed by atoms with E-state index in [0.717, 1.165) is 0 Å². The van der Waals surface area contributed by atoms with Crippen LogP contribution in [0.4, 0.5) is 0 Å². The highest BCUT2D eigenvalue weighted by molar-refractivity contribution is 5.88. The number of rotatable bonds is 7. The van der Waals surface area contributed by atoms with E-state index in [1.54, 1.807) is 30.3 Å². The summed E-state index contributed by atoms with van der Waals surface area (Å²) in [6, 6.07) is 11.0. The number of aliphatic hydroxyl groups excluding tert-OH is 6. The van der Waals surface area contributed by atoms with E-state index in [-0.39, 0.29) is 22.5 Å². The van der Waals surface area contributed by atoms with Gasteiger partial charge in [0.25, 0.3) is 0 Å². The molecule has 0 bridgehead atoms. The van der Waals surface area contributed by atoms with Gasteiger partial charge in [-0.05, 0) is 6.92 Å². The minimum Gasteiger partial charge on any atom is -0.507 e. The zero-order valence-corrected chi connectivity index (χ0v) is 22.5. The SMILES string of the molecule is COc1cc(O)c2c(=O)c(O[C@H]3O[C@@H](CO[C@H]4O[C@H](C)[C@@H](O)[C@H](O)[C@@H]4O)[C@H](O)[C@@H](O)[C@@H]3O)c(-c3ccccc3)oc2c1. The van der Waals surface area contributed by atoms with Crippen LogP contribution in [0, 0.1) is 0 Å². The molecular weight excluding hydrogens is 560 g/mol. The first-order valence-corrected chi connectivity index (χ1v) is 13.1. The molecule has 3 heterocycles. The Morgan fingerprint density at radius 2 is 1.50 bits per heavy atom. The Labute approximate surface area is 238 Å². The molecule has 2 aromatic carbocycles. The third-order valence-corrected chi connectivity index (χ3v) is 7.31. The van der Waals surface area contributed by atoms with Crippen molar-refractivity contribution in [1.82, 2.24) is 0 Å². The molecule has 14 nitrogen and oxygen atoms in total. The summed E-state index contributed by atoms with van der Waals surface area (Å²) in [5.41, 5.74) is -0.430. The number of benzene rings is 2. The Balaban J connectivity index is 1.46. The summed E-state index contributed by atoms with van der Waals surface area (Å²) in [5, 5.41) is 72.3.